The summed E-state index contributed by atoms with van der Waals surface area (Å²) in [7, 11) is 0. The monoisotopic (exact) mass is 351 g/mol. The highest BCUT2D eigenvalue weighted by molar-refractivity contribution is 5.17. The molecule has 3 aromatic rings. The molecule has 3 aromatic heterocycles. The van der Waals surface area contributed by atoms with Gasteiger partial charge in [0.1, 0.15) is 11.9 Å². The van der Waals surface area contributed by atoms with E-state index in [1.54, 1.807) is 12.4 Å². The molecule has 0 bridgehead atoms. The van der Waals surface area contributed by atoms with Crippen molar-refractivity contribution in [3.63, 3.8) is 0 Å². The van der Waals surface area contributed by atoms with Crippen LogP contribution in [-0.2, 0) is 19.6 Å². The van der Waals surface area contributed by atoms with Crippen molar-refractivity contribution in [3.05, 3.63) is 66.5 Å². The lowest BCUT2D eigenvalue weighted by Gasteiger charge is -2.24. The number of pyridine rings is 1. The van der Waals surface area contributed by atoms with Crippen molar-refractivity contribution in [2.24, 2.45) is 0 Å². The Labute approximate surface area is 154 Å². The van der Waals surface area contributed by atoms with E-state index in [1.165, 1.54) is 11.3 Å². The summed E-state index contributed by atoms with van der Waals surface area (Å²) in [5, 5.41) is 4.47. The van der Waals surface area contributed by atoms with Gasteiger partial charge in [0.25, 0.3) is 0 Å². The predicted octanol–water partition coefficient (Wildman–Crippen LogP) is 3.12. The molecule has 0 fully saturated rings. The maximum atomic E-state index is 6.23. The van der Waals surface area contributed by atoms with Crippen molar-refractivity contribution in [2.45, 2.75) is 45.6 Å². The highest BCUT2D eigenvalue weighted by Gasteiger charge is 2.23. The van der Waals surface area contributed by atoms with E-state index in [4.69, 9.17) is 4.74 Å². The van der Waals surface area contributed by atoms with Crippen molar-refractivity contribution in [1.82, 2.24) is 24.2 Å². The fourth-order valence-electron chi connectivity index (χ4n) is 3.43. The quantitative estimate of drug-likeness (QED) is 0.709. The van der Waals surface area contributed by atoms with E-state index in [2.05, 4.69) is 57.9 Å². The lowest BCUT2D eigenvalue weighted by Crippen LogP contribution is -2.34. The molecule has 0 radical (unpaired) electrons. The van der Waals surface area contributed by atoms with Crippen LogP contribution in [0.25, 0.3) is 0 Å². The number of hydrogen-bond acceptors (Lipinski definition) is 4. The molecule has 4 heterocycles. The van der Waals surface area contributed by atoms with E-state index in [0.717, 1.165) is 31.9 Å². The number of aromatic nitrogens is 4. The summed E-state index contributed by atoms with van der Waals surface area (Å²) >= 11 is 0. The molecule has 1 aliphatic heterocycles. The number of fused-ring (bicyclic) bond motifs is 1. The summed E-state index contributed by atoms with van der Waals surface area (Å²) in [5.74, 6) is 0.820. The molecule has 6 nitrogen and oxygen atoms in total. The third-order valence-corrected chi connectivity index (χ3v) is 4.70. The van der Waals surface area contributed by atoms with Crippen molar-refractivity contribution >= 4 is 0 Å². The Morgan fingerprint density at radius 3 is 2.88 bits per heavy atom. The molecular formula is C20H25N5O. The van der Waals surface area contributed by atoms with Gasteiger partial charge in [-0.15, -0.1) is 0 Å². The van der Waals surface area contributed by atoms with Gasteiger partial charge in [0, 0.05) is 55.5 Å². The van der Waals surface area contributed by atoms with Gasteiger partial charge >= 0.3 is 0 Å². The van der Waals surface area contributed by atoms with Gasteiger partial charge < -0.3 is 9.30 Å². The topological polar surface area (TPSA) is 48.1 Å². The summed E-state index contributed by atoms with van der Waals surface area (Å²) in [5.41, 5.74) is 2.55. The second-order valence-corrected chi connectivity index (χ2v) is 7.17. The third-order valence-electron chi connectivity index (χ3n) is 4.70. The number of nitrogens with zero attached hydrogens (tertiary/aromatic N) is 5. The molecule has 136 valence electrons. The van der Waals surface area contributed by atoms with Gasteiger partial charge in [0.15, 0.2) is 0 Å². The van der Waals surface area contributed by atoms with Crippen LogP contribution in [0.5, 0.6) is 5.75 Å². The zero-order chi connectivity index (χ0) is 17.9. The van der Waals surface area contributed by atoms with Gasteiger partial charge in [-0.25, -0.2) is 0 Å². The fraction of sp³-hybridized carbons (Fsp3) is 0.400. The number of ether oxygens (including phenoxy) is 1. The molecule has 0 aromatic carbocycles. The van der Waals surface area contributed by atoms with Crippen molar-refractivity contribution in [2.75, 3.05) is 6.54 Å². The van der Waals surface area contributed by atoms with E-state index in [9.17, 15) is 0 Å². The van der Waals surface area contributed by atoms with Gasteiger partial charge in [0.2, 0.25) is 0 Å². The van der Waals surface area contributed by atoms with Crippen LogP contribution in [0.4, 0.5) is 0 Å². The summed E-state index contributed by atoms with van der Waals surface area (Å²) < 4.78 is 10.5. The molecule has 0 saturated heterocycles. The first-order chi connectivity index (χ1) is 12.7. The average molecular weight is 351 g/mol. The minimum atomic E-state index is 0.0768. The van der Waals surface area contributed by atoms with E-state index >= 15 is 0 Å². The lowest BCUT2D eigenvalue weighted by molar-refractivity contribution is 0.123. The second kappa shape index (κ2) is 7.33. The molecule has 0 spiro atoms. The summed E-state index contributed by atoms with van der Waals surface area (Å²) in [6, 6.07) is 8.55. The van der Waals surface area contributed by atoms with Crippen LogP contribution < -0.4 is 4.74 Å². The Bertz CT molecular complexity index is 839. The Kier molecular flexibility index (Phi) is 4.75. The predicted molar refractivity (Wildman–Crippen MR) is 99.8 cm³/mol. The normalized spacial score (nSPS) is 17.9. The van der Waals surface area contributed by atoms with Crippen LogP contribution in [0, 0.1) is 0 Å². The lowest BCUT2D eigenvalue weighted by atomic mass is 10.2. The molecule has 6 heteroatoms. The van der Waals surface area contributed by atoms with Crippen molar-refractivity contribution < 1.29 is 4.74 Å². The molecule has 26 heavy (non-hydrogen) atoms. The Balaban J connectivity index is 1.52. The molecular weight excluding hydrogens is 326 g/mol. The zero-order valence-electron chi connectivity index (χ0n) is 15.3. The molecule has 1 aliphatic rings. The van der Waals surface area contributed by atoms with E-state index in [0.29, 0.717) is 6.04 Å². The SMILES string of the molecule is CC(C)n1cc(CN2Cc3cccn3CC(Oc3cccnc3)C2)cn1. The maximum Gasteiger partial charge on any atom is 0.138 e. The van der Waals surface area contributed by atoms with E-state index in [1.807, 2.05) is 23.0 Å². The molecule has 0 amide bonds. The average Bonchev–Trinajstić information content (AvgIpc) is 3.23. The largest absolute Gasteiger partial charge is 0.486 e. The molecule has 1 atom stereocenters. The highest BCUT2D eigenvalue weighted by Crippen LogP contribution is 2.20. The summed E-state index contributed by atoms with van der Waals surface area (Å²) in [6.45, 7) is 7.78. The summed E-state index contributed by atoms with van der Waals surface area (Å²) in [6.07, 6.45) is 9.87. The first-order valence-electron chi connectivity index (χ1n) is 9.13. The first kappa shape index (κ1) is 16.8. The van der Waals surface area contributed by atoms with E-state index in [-0.39, 0.29) is 6.10 Å². The van der Waals surface area contributed by atoms with Gasteiger partial charge in [-0.1, -0.05) is 0 Å². The fourth-order valence-corrected chi connectivity index (χ4v) is 3.43. The minimum absolute atomic E-state index is 0.0768. The molecule has 0 saturated carbocycles. The van der Waals surface area contributed by atoms with Crippen molar-refractivity contribution in [1.29, 1.82) is 0 Å². The van der Waals surface area contributed by atoms with Gasteiger partial charge in [-0.2, -0.15) is 5.10 Å². The highest BCUT2D eigenvalue weighted by atomic mass is 16.5. The van der Waals surface area contributed by atoms with Crippen LogP contribution >= 0.6 is 0 Å². The molecule has 0 aliphatic carbocycles. The molecule has 1 unspecified atom stereocenters. The second-order valence-electron chi connectivity index (χ2n) is 7.17. The summed E-state index contributed by atoms with van der Waals surface area (Å²) in [4.78, 5) is 6.59. The minimum Gasteiger partial charge on any atom is -0.486 e. The van der Waals surface area contributed by atoms with Crippen LogP contribution in [0.15, 0.2) is 55.2 Å². The third kappa shape index (κ3) is 3.80. The number of hydrogen-bond donors (Lipinski definition) is 0. The zero-order valence-corrected chi connectivity index (χ0v) is 15.3. The van der Waals surface area contributed by atoms with Crippen LogP contribution in [0.3, 0.4) is 0 Å². The first-order valence-corrected chi connectivity index (χ1v) is 9.13. The maximum absolute atomic E-state index is 6.23. The van der Waals surface area contributed by atoms with Gasteiger partial charge in [-0.05, 0) is 38.1 Å². The smallest absolute Gasteiger partial charge is 0.138 e. The molecule has 0 N–H and O–H groups in total. The van der Waals surface area contributed by atoms with Crippen LogP contribution in [0.2, 0.25) is 0 Å². The van der Waals surface area contributed by atoms with Crippen LogP contribution in [0.1, 0.15) is 31.1 Å². The van der Waals surface area contributed by atoms with Crippen molar-refractivity contribution in [3.8, 4) is 5.75 Å². The van der Waals surface area contributed by atoms with Crippen LogP contribution in [-0.4, -0.2) is 36.9 Å². The van der Waals surface area contributed by atoms with Gasteiger partial charge in [0.05, 0.1) is 18.9 Å². The number of rotatable bonds is 5. The van der Waals surface area contributed by atoms with Gasteiger partial charge in [-0.3, -0.25) is 14.6 Å². The standard InChI is InChI=1S/C20H25N5O/c1-16(2)25-12-17(9-22-25)11-23-13-18-5-4-8-24(18)15-20(14-23)26-19-6-3-7-21-10-19/h3-10,12,16,20H,11,13-15H2,1-2H3. The molecule has 4 rings (SSSR count). The Hall–Kier alpha value is -2.60. The van der Waals surface area contributed by atoms with E-state index < -0.39 is 0 Å². The Morgan fingerprint density at radius 2 is 2.12 bits per heavy atom. The Morgan fingerprint density at radius 1 is 1.19 bits per heavy atom.